The maximum absolute atomic E-state index is 13.2. The van der Waals surface area contributed by atoms with Crippen LogP contribution in [0.15, 0.2) is 62.5 Å². The van der Waals surface area contributed by atoms with Gasteiger partial charge in [-0.25, -0.2) is 18.4 Å². The van der Waals surface area contributed by atoms with Crippen molar-refractivity contribution in [2.75, 3.05) is 84.4 Å². The number of hydrogen-bond donors (Lipinski definition) is 4. The van der Waals surface area contributed by atoms with Gasteiger partial charge in [0.1, 0.15) is 10.8 Å². The molecule has 1 heterocycles. The summed E-state index contributed by atoms with van der Waals surface area (Å²) >= 11 is 6.70. The second kappa shape index (κ2) is 26.2. The molecule has 0 bridgehead atoms. The maximum Gasteiger partial charge on any atom is 0.234 e. The Labute approximate surface area is 354 Å². The summed E-state index contributed by atoms with van der Waals surface area (Å²) in [5.41, 5.74) is 13.5. The van der Waals surface area contributed by atoms with Crippen molar-refractivity contribution in [2.45, 2.75) is 76.0 Å². The Hall–Kier alpha value is -4.10. The van der Waals surface area contributed by atoms with Crippen LogP contribution < -0.4 is 26.8 Å². The van der Waals surface area contributed by atoms with Crippen LogP contribution in [0, 0.1) is 6.92 Å². The van der Waals surface area contributed by atoms with Gasteiger partial charge in [0.05, 0.1) is 99.6 Å². The van der Waals surface area contributed by atoms with E-state index in [0.29, 0.717) is 70.8 Å². The first-order valence-electron chi connectivity index (χ1n) is 19.9. The number of nitrogens with zero attached hydrogens (tertiary/aromatic N) is 3. The summed E-state index contributed by atoms with van der Waals surface area (Å²) in [6.45, 7) is 14.5. The second-order valence-corrected chi connectivity index (χ2v) is 17.2. The van der Waals surface area contributed by atoms with Gasteiger partial charge in [0.25, 0.3) is 0 Å². The van der Waals surface area contributed by atoms with E-state index in [1.165, 1.54) is 12.3 Å². The van der Waals surface area contributed by atoms with Crippen LogP contribution >= 0.6 is 11.6 Å². The summed E-state index contributed by atoms with van der Waals surface area (Å²) in [5, 5.41) is 5.67. The largest absolute Gasteiger partial charge is 0.489 e. The molecule has 2 aromatic carbocycles. The van der Waals surface area contributed by atoms with E-state index >= 15 is 0 Å². The molecule has 2 amide bonds. The van der Waals surface area contributed by atoms with Crippen molar-refractivity contribution >= 4 is 56.8 Å². The highest BCUT2D eigenvalue weighted by atomic mass is 35.5. The Balaban J connectivity index is 1.53. The third kappa shape index (κ3) is 17.6. The number of rotatable bonds is 26. The van der Waals surface area contributed by atoms with Gasteiger partial charge in [-0.1, -0.05) is 23.7 Å². The number of carbonyl (C=O) groups excluding carboxylic acids is 2. The van der Waals surface area contributed by atoms with Gasteiger partial charge < -0.3 is 45.8 Å². The fourth-order valence-corrected chi connectivity index (χ4v) is 7.38. The van der Waals surface area contributed by atoms with E-state index in [1.54, 1.807) is 32.0 Å². The van der Waals surface area contributed by atoms with Crippen LogP contribution in [-0.2, 0) is 38.4 Å². The van der Waals surface area contributed by atoms with Crippen molar-refractivity contribution in [1.82, 2.24) is 10.2 Å². The fourth-order valence-electron chi connectivity index (χ4n) is 6.05. The first-order valence-corrected chi connectivity index (χ1v) is 21.8. The fraction of sp³-hybridized carbons (Fsp3) is 0.561. The number of ether oxygens (including phenoxy) is 5. The number of anilines is 1. The molecule has 0 aliphatic carbocycles. The normalized spacial score (nSPS) is 14.7. The molecule has 59 heavy (non-hydrogen) atoms. The van der Waals surface area contributed by atoms with Gasteiger partial charge in [0.2, 0.25) is 11.8 Å². The summed E-state index contributed by atoms with van der Waals surface area (Å²) in [5.74, 6) is 0.551. The SMILES string of the molecule is Cc1cc(NC(=Nc2ccccc2S(=O)(=O)C(C)C)/C(Cl)=C\N=CN)c(OC(C)C)cc1C1CCN(CC(=O)NCCOCCOCCOCCOCCC(N)=O)CC1. The van der Waals surface area contributed by atoms with Gasteiger partial charge in [-0.15, -0.1) is 0 Å². The summed E-state index contributed by atoms with van der Waals surface area (Å²) in [6.07, 6.45) is 4.19. The van der Waals surface area contributed by atoms with E-state index in [9.17, 15) is 18.0 Å². The summed E-state index contributed by atoms with van der Waals surface area (Å²) in [7, 11) is -3.66. The van der Waals surface area contributed by atoms with Crippen LogP contribution in [0.2, 0.25) is 0 Å². The zero-order valence-electron chi connectivity index (χ0n) is 34.9. The molecule has 0 radical (unpaired) electrons. The van der Waals surface area contributed by atoms with Gasteiger partial charge in [-0.2, -0.15) is 0 Å². The Morgan fingerprint density at radius 1 is 0.949 bits per heavy atom. The van der Waals surface area contributed by atoms with Crippen molar-refractivity contribution in [1.29, 1.82) is 0 Å². The lowest BCUT2D eigenvalue weighted by molar-refractivity contribution is -0.122. The van der Waals surface area contributed by atoms with Crippen LogP contribution in [0.1, 0.15) is 64.0 Å². The molecule has 3 rings (SSSR count). The van der Waals surface area contributed by atoms with Crippen molar-refractivity contribution < 1.29 is 41.7 Å². The lowest BCUT2D eigenvalue weighted by atomic mass is 9.86. The number of piperidine rings is 1. The van der Waals surface area contributed by atoms with E-state index < -0.39 is 21.0 Å². The number of aliphatic imine (C=N–C) groups is 2. The minimum atomic E-state index is -3.66. The van der Waals surface area contributed by atoms with E-state index in [0.717, 1.165) is 43.4 Å². The number of benzene rings is 2. The molecular weight excluding hydrogens is 802 g/mol. The molecule has 0 saturated carbocycles. The van der Waals surface area contributed by atoms with Crippen LogP contribution in [0.4, 0.5) is 11.4 Å². The Morgan fingerprint density at radius 3 is 2.15 bits per heavy atom. The Morgan fingerprint density at radius 2 is 1.56 bits per heavy atom. The van der Waals surface area contributed by atoms with Crippen LogP contribution in [0.3, 0.4) is 0 Å². The average Bonchev–Trinajstić information content (AvgIpc) is 3.19. The number of sulfone groups is 1. The third-order valence-electron chi connectivity index (χ3n) is 9.08. The van der Waals surface area contributed by atoms with Crippen molar-refractivity contribution in [3.05, 3.63) is 58.8 Å². The van der Waals surface area contributed by atoms with E-state index in [1.807, 2.05) is 32.9 Å². The predicted molar refractivity (Wildman–Crippen MR) is 232 cm³/mol. The molecule has 0 spiro atoms. The quantitative estimate of drug-likeness (QED) is 0.0588. The van der Waals surface area contributed by atoms with Crippen LogP contribution in [0.5, 0.6) is 5.75 Å². The number of halogens is 1. The van der Waals surface area contributed by atoms with Gasteiger partial charge in [0.15, 0.2) is 15.7 Å². The standard InChI is InChI=1S/C41H62ClN7O9S/c1-29(2)58-37-25-33(31(5)24-36(37)48-41(34(42)26-45-28-43)47-35-8-6-7-9-38(35)59(52,53)30(3)4)32-10-14-49(15-11-32)27-40(51)46-13-17-55-19-21-57-23-22-56-20-18-54-16-12-39(44)50/h6-9,24-26,28-30,32H,10-23,27H2,1-5H3,(H2,43,45)(H2,44,50)(H,46,51)(H,47,48)/b34-26+. The number of nitrogens with two attached hydrogens (primary N) is 2. The van der Waals surface area contributed by atoms with Gasteiger partial charge in [-0.3, -0.25) is 14.5 Å². The number of nitrogens with one attached hydrogen (secondary N) is 2. The molecule has 1 aliphatic heterocycles. The molecule has 18 heteroatoms. The number of primary amides is 1. The topological polar surface area (TPSA) is 218 Å². The monoisotopic (exact) mass is 863 g/mol. The van der Waals surface area contributed by atoms with Gasteiger partial charge in [-0.05, 0) is 102 Å². The van der Waals surface area contributed by atoms with Gasteiger partial charge >= 0.3 is 0 Å². The molecule has 1 saturated heterocycles. The van der Waals surface area contributed by atoms with E-state index in [-0.39, 0.29) is 52.4 Å². The predicted octanol–water partition coefficient (Wildman–Crippen LogP) is 4.41. The number of amidine groups is 1. The number of amides is 2. The summed E-state index contributed by atoms with van der Waals surface area (Å²) in [4.78, 5) is 34.2. The zero-order chi connectivity index (χ0) is 43.2. The smallest absolute Gasteiger partial charge is 0.234 e. The molecule has 16 nitrogen and oxygen atoms in total. The lowest BCUT2D eigenvalue weighted by Crippen LogP contribution is -2.42. The molecule has 2 aromatic rings. The van der Waals surface area contributed by atoms with Crippen molar-refractivity contribution in [3.63, 3.8) is 0 Å². The van der Waals surface area contributed by atoms with Crippen LogP contribution in [0.25, 0.3) is 0 Å². The summed E-state index contributed by atoms with van der Waals surface area (Å²) < 4.78 is 54.4. The molecule has 1 fully saturated rings. The Kier molecular flexibility index (Phi) is 21.9. The van der Waals surface area contributed by atoms with Crippen molar-refractivity contribution in [3.8, 4) is 5.75 Å². The minimum absolute atomic E-state index is 0.0509. The average molecular weight is 865 g/mol. The maximum atomic E-state index is 13.2. The molecule has 1 aliphatic rings. The highest BCUT2D eigenvalue weighted by Gasteiger charge is 2.26. The first kappa shape index (κ1) is 49.3. The number of para-hydroxylation sites is 1. The number of carbonyl (C=O) groups is 2. The third-order valence-corrected chi connectivity index (χ3v) is 11.6. The Bertz CT molecular complexity index is 1830. The molecule has 6 N–H and O–H groups in total. The molecule has 0 unspecified atom stereocenters. The second-order valence-electron chi connectivity index (χ2n) is 14.4. The minimum Gasteiger partial charge on any atom is -0.489 e. The number of likely N-dealkylation sites (tertiary alicyclic amines) is 1. The van der Waals surface area contributed by atoms with Crippen molar-refractivity contribution in [2.24, 2.45) is 21.5 Å². The lowest BCUT2D eigenvalue weighted by Gasteiger charge is -2.33. The molecular formula is C41H62ClN7O9S. The first-order chi connectivity index (χ1) is 28.2. The zero-order valence-corrected chi connectivity index (χ0v) is 36.5. The van der Waals surface area contributed by atoms with E-state index in [2.05, 4.69) is 20.5 Å². The molecule has 328 valence electrons. The molecule has 0 atom stereocenters. The van der Waals surface area contributed by atoms with Gasteiger partial charge in [0, 0.05) is 13.0 Å². The van der Waals surface area contributed by atoms with E-state index in [4.69, 9.17) is 51.7 Å². The highest BCUT2D eigenvalue weighted by molar-refractivity contribution is 7.92. The number of aryl methyl sites for hydroxylation is 1. The highest BCUT2D eigenvalue weighted by Crippen LogP contribution is 2.38. The summed E-state index contributed by atoms with van der Waals surface area (Å²) in [6, 6.07) is 10.5. The van der Waals surface area contributed by atoms with Crippen LogP contribution in [-0.4, -0.2) is 128 Å². The number of hydrogen-bond acceptors (Lipinski definition) is 12. The molecule has 0 aromatic heterocycles.